The van der Waals surface area contributed by atoms with Crippen LogP contribution in [0, 0.1) is 18.8 Å². The zero-order valence-corrected chi connectivity index (χ0v) is 23.8. The van der Waals surface area contributed by atoms with E-state index in [9.17, 15) is 22.8 Å². The second kappa shape index (κ2) is 12.3. The SMILES string of the molecule is Cc1ccc(NC(=O)C2CCCN(C(=O)c3ccccc3Cl)C2[C@@H]2C=CC(NC3CCCC3)=CC2)cc1C(F)(F)F. The average molecular weight is 586 g/mol. The van der Waals surface area contributed by atoms with Crippen LogP contribution in [-0.4, -0.2) is 35.3 Å². The Morgan fingerprint density at radius 2 is 1.78 bits per heavy atom. The van der Waals surface area contributed by atoms with Gasteiger partial charge in [0, 0.05) is 29.9 Å². The Labute approximate surface area is 243 Å². The van der Waals surface area contributed by atoms with Crippen LogP contribution in [0.3, 0.4) is 0 Å². The van der Waals surface area contributed by atoms with Crippen LogP contribution in [0.5, 0.6) is 0 Å². The molecule has 2 aromatic rings. The van der Waals surface area contributed by atoms with Crippen LogP contribution in [0.15, 0.2) is 66.4 Å². The van der Waals surface area contributed by atoms with Crippen molar-refractivity contribution in [1.29, 1.82) is 0 Å². The van der Waals surface area contributed by atoms with Crippen molar-refractivity contribution in [2.75, 3.05) is 11.9 Å². The molecule has 2 unspecified atom stereocenters. The molecule has 3 aliphatic rings. The van der Waals surface area contributed by atoms with E-state index in [1.165, 1.54) is 31.9 Å². The van der Waals surface area contributed by atoms with E-state index in [0.717, 1.165) is 24.6 Å². The summed E-state index contributed by atoms with van der Waals surface area (Å²) in [4.78, 5) is 29.3. The normalized spacial score (nSPS) is 23.3. The van der Waals surface area contributed by atoms with Crippen LogP contribution in [0.1, 0.15) is 66.4 Å². The number of alkyl halides is 3. The molecule has 1 saturated heterocycles. The molecular weight excluding hydrogens is 551 g/mol. The smallest absolute Gasteiger partial charge is 0.383 e. The second-order valence-corrected chi connectivity index (χ2v) is 11.7. The Balaban J connectivity index is 1.41. The first kappa shape index (κ1) is 29.2. The summed E-state index contributed by atoms with van der Waals surface area (Å²) < 4.78 is 40.6. The number of likely N-dealkylation sites (tertiary alicyclic amines) is 1. The number of carbonyl (C=O) groups excluding carboxylic acids is 2. The lowest BCUT2D eigenvalue weighted by molar-refractivity contribution is -0.138. The van der Waals surface area contributed by atoms with Gasteiger partial charge in [0.05, 0.1) is 28.1 Å². The molecule has 2 N–H and O–H groups in total. The van der Waals surface area contributed by atoms with Gasteiger partial charge in [0.2, 0.25) is 5.91 Å². The third-order valence-electron chi connectivity index (χ3n) is 8.50. The molecular formula is C32H35ClF3N3O2. The topological polar surface area (TPSA) is 61.4 Å². The highest BCUT2D eigenvalue weighted by molar-refractivity contribution is 6.33. The van der Waals surface area contributed by atoms with Gasteiger partial charge in [0.25, 0.3) is 5.91 Å². The summed E-state index contributed by atoms with van der Waals surface area (Å²) in [6.07, 6.45) is 8.17. The van der Waals surface area contributed by atoms with Crippen LogP contribution in [0.4, 0.5) is 18.9 Å². The Morgan fingerprint density at radius 1 is 1.02 bits per heavy atom. The number of hydrogen-bond acceptors (Lipinski definition) is 3. The minimum Gasteiger partial charge on any atom is -0.383 e. The van der Waals surface area contributed by atoms with Gasteiger partial charge in [-0.25, -0.2) is 0 Å². The molecule has 0 aromatic heterocycles. The first-order chi connectivity index (χ1) is 19.6. The lowest BCUT2D eigenvalue weighted by atomic mass is 9.77. The maximum Gasteiger partial charge on any atom is 0.416 e. The molecule has 1 heterocycles. The summed E-state index contributed by atoms with van der Waals surface area (Å²) >= 11 is 6.39. The van der Waals surface area contributed by atoms with Gasteiger partial charge in [0.1, 0.15) is 0 Å². The van der Waals surface area contributed by atoms with E-state index in [4.69, 9.17) is 11.6 Å². The van der Waals surface area contributed by atoms with Crippen LogP contribution < -0.4 is 10.6 Å². The number of hydrogen-bond donors (Lipinski definition) is 2. The molecule has 1 aliphatic heterocycles. The zero-order chi connectivity index (χ0) is 29.1. The van der Waals surface area contributed by atoms with Gasteiger partial charge in [0.15, 0.2) is 0 Å². The van der Waals surface area contributed by atoms with Gasteiger partial charge in [-0.05, 0) is 74.9 Å². The molecule has 5 nitrogen and oxygen atoms in total. The Morgan fingerprint density at radius 3 is 2.46 bits per heavy atom. The van der Waals surface area contributed by atoms with Gasteiger partial charge in [-0.15, -0.1) is 0 Å². The Bertz CT molecular complexity index is 1350. The molecule has 41 heavy (non-hydrogen) atoms. The number of rotatable bonds is 6. The summed E-state index contributed by atoms with van der Waals surface area (Å²) in [5.74, 6) is -1.40. The third kappa shape index (κ3) is 6.64. The van der Waals surface area contributed by atoms with E-state index in [2.05, 4.69) is 22.8 Å². The number of aryl methyl sites for hydroxylation is 1. The fourth-order valence-corrected chi connectivity index (χ4v) is 6.62. The van der Waals surface area contributed by atoms with E-state index in [1.807, 2.05) is 6.08 Å². The van der Waals surface area contributed by atoms with Crippen LogP contribution in [0.25, 0.3) is 0 Å². The largest absolute Gasteiger partial charge is 0.416 e. The van der Waals surface area contributed by atoms with Crippen molar-refractivity contribution in [3.05, 3.63) is 88.1 Å². The van der Waals surface area contributed by atoms with E-state index in [-0.39, 0.29) is 23.1 Å². The summed E-state index contributed by atoms with van der Waals surface area (Å²) in [5.41, 5.74) is 0.807. The number of nitrogens with one attached hydrogen (secondary N) is 2. The van der Waals surface area contributed by atoms with Gasteiger partial charge < -0.3 is 15.5 Å². The average Bonchev–Trinajstić information content (AvgIpc) is 3.46. The van der Waals surface area contributed by atoms with Crippen molar-refractivity contribution in [3.63, 3.8) is 0 Å². The van der Waals surface area contributed by atoms with Crippen molar-refractivity contribution in [1.82, 2.24) is 10.2 Å². The van der Waals surface area contributed by atoms with Crippen molar-refractivity contribution < 1.29 is 22.8 Å². The fraction of sp³-hybridized carbons (Fsp3) is 0.438. The molecule has 1 saturated carbocycles. The van der Waals surface area contributed by atoms with Crippen molar-refractivity contribution in [2.45, 2.75) is 70.1 Å². The van der Waals surface area contributed by atoms with Gasteiger partial charge in [-0.2, -0.15) is 13.2 Å². The number of piperidine rings is 1. The van der Waals surface area contributed by atoms with E-state index < -0.39 is 29.6 Å². The molecule has 0 radical (unpaired) electrons. The third-order valence-corrected chi connectivity index (χ3v) is 8.83. The molecule has 218 valence electrons. The predicted octanol–water partition coefficient (Wildman–Crippen LogP) is 7.52. The van der Waals surface area contributed by atoms with Gasteiger partial charge in [-0.1, -0.05) is 54.8 Å². The molecule has 0 bridgehead atoms. The Kier molecular flexibility index (Phi) is 8.78. The van der Waals surface area contributed by atoms with E-state index in [0.29, 0.717) is 42.4 Å². The highest BCUT2D eigenvalue weighted by atomic mass is 35.5. The standard InChI is InChI=1S/C32H35ClF3N3O2/c1-20-12-15-24(19-27(20)32(34,35)36)38-30(40)26-10-6-18-39(31(41)25-9-4-5-11-28(25)33)29(26)21-13-16-23(17-14-21)37-22-7-2-3-8-22/h4-5,9,11-13,15-17,19,21-22,26,29,37H,2-3,6-8,10,14,18H2,1H3,(H,38,40)/t21-,26?,29?/m1/s1. The monoisotopic (exact) mass is 585 g/mol. The number of benzene rings is 2. The van der Waals surface area contributed by atoms with Gasteiger partial charge in [-0.3, -0.25) is 9.59 Å². The zero-order valence-electron chi connectivity index (χ0n) is 23.0. The number of amides is 2. The second-order valence-electron chi connectivity index (χ2n) is 11.3. The summed E-state index contributed by atoms with van der Waals surface area (Å²) in [5, 5.41) is 6.67. The maximum atomic E-state index is 13.8. The minimum absolute atomic E-state index is 0.0864. The van der Waals surface area contributed by atoms with Crippen molar-refractivity contribution in [2.24, 2.45) is 11.8 Å². The van der Waals surface area contributed by atoms with Crippen molar-refractivity contribution in [3.8, 4) is 0 Å². The lowest BCUT2D eigenvalue weighted by Gasteiger charge is -2.44. The Hall–Kier alpha value is -3.26. The maximum absolute atomic E-state index is 13.8. The lowest BCUT2D eigenvalue weighted by Crippen LogP contribution is -2.55. The molecule has 9 heteroatoms. The number of halogens is 4. The van der Waals surface area contributed by atoms with Crippen LogP contribution >= 0.6 is 11.6 Å². The van der Waals surface area contributed by atoms with Crippen LogP contribution in [0.2, 0.25) is 5.02 Å². The van der Waals surface area contributed by atoms with Crippen LogP contribution in [-0.2, 0) is 11.0 Å². The summed E-state index contributed by atoms with van der Waals surface area (Å²) in [7, 11) is 0. The number of anilines is 1. The molecule has 2 aromatic carbocycles. The molecule has 5 rings (SSSR count). The first-order valence-corrected chi connectivity index (χ1v) is 14.7. The quantitative estimate of drug-likeness (QED) is 0.369. The number of carbonyl (C=O) groups is 2. The highest BCUT2D eigenvalue weighted by Gasteiger charge is 2.43. The van der Waals surface area contributed by atoms with Crippen molar-refractivity contribution >= 4 is 29.1 Å². The molecule has 3 atom stereocenters. The van der Waals surface area contributed by atoms with E-state index >= 15 is 0 Å². The molecule has 2 amide bonds. The first-order valence-electron chi connectivity index (χ1n) is 14.3. The number of nitrogens with zero attached hydrogens (tertiary/aromatic N) is 1. The van der Waals surface area contributed by atoms with E-state index in [1.54, 1.807) is 29.2 Å². The van der Waals surface area contributed by atoms with Gasteiger partial charge >= 0.3 is 6.18 Å². The summed E-state index contributed by atoms with van der Waals surface area (Å²) in [6.45, 7) is 1.85. The molecule has 2 aliphatic carbocycles. The molecule has 0 spiro atoms. The summed E-state index contributed by atoms with van der Waals surface area (Å²) in [6, 6.07) is 10.6. The number of allylic oxidation sites excluding steroid dienone is 2. The minimum atomic E-state index is -4.53. The fourth-order valence-electron chi connectivity index (χ4n) is 6.40. The predicted molar refractivity (Wildman–Crippen MR) is 155 cm³/mol. The highest BCUT2D eigenvalue weighted by Crippen LogP contribution is 2.37. The molecule has 2 fully saturated rings.